The van der Waals surface area contributed by atoms with Gasteiger partial charge in [-0.2, -0.15) is 0 Å². The molecule has 1 aromatic carbocycles. The molecular formula is C17H19NO3. The Morgan fingerprint density at radius 2 is 2.05 bits per heavy atom. The predicted molar refractivity (Wildman–Crippen MR) is 81.8 cm³/mol. The molecule has 0 atom stereocenters. The van der Waals surface area contributed by atoms with E-state index in [1.54, 1.807) is 26.0 Å². The van der Waals surface area contributed by atoms with Crippen LogP contribution >= 0.6 is 0 Å². The quantitative estimate of drug-likeness (QED) is 0.888. The van der Waals surface area contributed by atoms with Crippen molar-refractivity contribution in [2.75, 3.05) is 6.61 Å². The number of benzene rings is 1. The molecule has 2 rings (SSSR count). The van der Waals surface area contributed by atoms with Crippen molar-refractivity contribution in [3.8, 4) is 0 Å². The average Bonchev–Trinajstić information content (AvgIpc) is 2.86. The van der Waals surface area contributed by atoms with Gasteiger partial charge in [-0.15, -0.1) is 0 Å². The third kappa shape index (κ3) is 4.07. The maximum Gasteiger partial charge on any atom is 0.255 e. The summed E-state index contributed by atoms with van der Waals surface area (Å²) < 4.78 is 5.51. The minimum absolute atomic E-state index is 0.0325. The number of amides is 1. The normalized spacial score (nSPS) is 11.5. The van der Waals surface area contributed by atoms with Crippen molar-refractivity contribution in [2.45, 2.75) is 20.4 Å². The SMILES string of the molecule is C/C(=C\c1cc(C(=O)NCc2ccccc2)c(C)o1)CO. The van der Waals surface area contributed by atoms with Crippen LogP contribution in [0.3, 0.4) is 0 Å². The van der Waals surface area contributed by atoms with Gasteiger partial charge in [0.15, 0.2) is 0 Å². The Hall–Kier alpha value is -2.33. The molecule has 1 aromatic heterocycles. The van der Waals surface area contributed by atoms with Crippen LogP contribution in [0.4, 0.5) is 0 Å². The highest BCUT2D eigenvalue weighted by Crippen LogP contribution is 2.17. The molecule has 0 saturated heterocycles. The van der Waals surface area contributed by atoms with E-state index >= 15 is 0 Å². The third-order valence-electron chi connectivity index (χ3n) is 3.12. The monoisotopic (exact) mass is 285 g/mol. The van der Waals surface area contributed by atoms with E-state index in [0.717, 1.165) is 11.1 Å². The first-order valence-electron chi connectivity index (χ1n) is 6.80. The maximum absolute atomic E-state index is 12.2. The first-order valence-corrected chi connectivity index (χ1v) is 6.80. The summed E-state index contributed by atoms with van der Waals surface area (Å²) in [5.74, 6) is 0.975. The molecule has 1 heterocycles. The molecule has 0 aliphatic heterocycles. The third-order valence-corrected chi connectivity index (χ3v) is 3.12. The van der Waals surface area contributed by atoms with Crippen LogP contribution < -0.4 is 5.32 Å². The Balaban J connectivity index is 2.06. The fraction of sp³-hybridized carbons (Fsp3) is 0.235. The van der Waals surface area contributed by atoms with E-state index in [1.165, 1.54) is 0 Å². The van der Waals surface area contributed by atoms with Gasteiger partial charge in [0.2, 0.25) is 0 Å². The van der Waals surface area contributed by atoms with E-state index in [2.05, 4.69) is 5.32 Å². The number of nitrogens with one attached hydrogen (secondary N) is 1. The Morgan fingerprint density at radius 3 is 2.71 bits per heavy atom. The zero-order valence-electron chi connectivity index (χ0n) is 12.2. The first-order chi connectivity index (χ1) is 10.1. The highest BCUT2D eigenvalue weighted by Gasteiger charge is 2.13. The van der Waals surface area contributed by atoms with Crippen LogP contribution in [-0.4, -0.2) is 17.6 Å². The Morgan fingerprint density at radius 1 is 1.33 bits per heavy atom. The molecule has 2 aromatic rings. The number of carbonyl (C=O) groups excluding carboxylic acids is 1. The van der Waals surface area contributed by atoms with Gasteiger partial charge in [-0.05, 0) is 37.1 Å². The molecule has 0 bridgehead atoms. The molecule has 4 heteroatoms. The van der Waals surface area contributed by atoms with Crippen LogP contribution in [0.5, 0.6) is 0 Å². The van der Waals surface area contributed by atoms with Crippen molar-refractivity contribution < 1.29 is 14.3 Å². The van der Waals surface area contributed by atoms with Crippen molar-refractivity contribution in [1.82, 2.24) is 5.32 Å². The number of rotatable bonds is 5. The Kier molecular flexibility index (Phi) is 4.95. The summed E-state index contributed by atoms with van der Waals surface area (Å²) in [6.45, 7) is 4.00. The second kappa shape index (κ2) is 6.90. The van der Waals surface area contributed by atoms with Gasteiger partial charge >= 0.3 is 0 Å². The fourth-order valence-electron chi connectivity index (χ4n) is 1.96. The van der Waals surface area contributed by atoms with Gasteiger partial charge < -0.3 is 14.8 Å². The molecule has 0 aliphatic rings. The van der Waals surface area contributed by atoms with Gasteiger partial charge in [-0.1, -0.05) is 30.3 Å². The molecule has 0 radical (unpaired) electrons. The molecule has 4 nitrogen and oxygen atoms in total. The van der Waals surface area contributed by atoms with Crippen molar-refractivity contribution in [2.24, 2.45) is 0 Å². The second-order valence-corrected chi connectivity index (χ2v) is 4.94. The summed E-state index contributed by atoms with van der Waals surface area (Å²) in [6, 6.07) is 11.4. The standard InChI is InChI=1S/C17H19NO3/c1-12(11-19)8-15-9-16(13(2)21-15)17(20)18-10-14-6-4-3-5-7-14/h3-9,19H,10-11H2,1-2H3,(H,18,20)/b12-8+. The molecule has 21 heavy (non-hydrogen) atoms. The van der Waals surface area contributed by atoms with Crippen molar-refractivity contribution >= 4 is 12.0 Å². The number of hydrogen-bond donors (Lipinski definition) is 2. The fourth-order valence-corrected chi connectivity index (χ4v) is 1.96. The summed E-state index contributed by atoms with van der Waals surface area (Å²) in [4.78, 5) is 12.2. The maximum atomic E-state index is 12.2. The van der Waals surface area contributed by atoms with Crippen LogP contribution in [0, 0.1) is 6.92 Å². The zero-order chi connectivity index (χ0) is 15.2. The number of aryl methyl sites for hydroxylation is 1. The summed E-state index contributed by atoms with van der Waals surface area (Å²) >= 11 is 0. The number of aliphatic hydroxyl groups excluding tert-OH is 1. The lowest BCUT2D eigenvalue weighted by molar-refractivity contribution is 0.0949. The van der Waals surface area contributed by atoms with Crippen LogP contribution in [0.1, 0.15) is 34.4 Å². The van der Waals surface area contributed by atoms with Gasteiger partial charge in [0.05, 0.1) is 12.2 Å². The molecule has 2 N–H and O–H groups in total. The smallest absolute Gasteiger partial charge is 0.255 e. The van der Waals surface area contributed by atoms with Gasteiger partial charge in [-0.25, -0.2) is 0 Å². The van der Waals surface area contributed by atoms with E-state index in [4.69, 9.17) is 9.52 Å². The van der Waals surface area contributed by atoms with Crippen LogP contribution in [0.2, 0.25) is 0 Å². The Bertz CT molecular complexity index is 641. The second-order valence-electron chi connectivity index (χ2n) is 4.94. The molecular weight excluding hydrogens is 266 g/mol. The molecule has 110 valence electrons. The summed E-state index contributed by atoms with van der Waals surface area (Å²) in [6.07, 6.45) is 1.72. The molecule has 0 fully saturated rings. The summed E-state index contributed by atoms with van der Waals surface area (Å²) in [5.41, 5.74) is 2.34. The van der Waals surface area contributed by atoms with Crippen LogP contribution in [0.15, 0.2) is 46.4 Å². The minimum atomic E-state index is -0.165. The van der Waals surface area contributed by atoms with Gasteiger partial charge in [0, 0.05) is 6.54 Å². The summed E-state index contributed by atoms with van der Waals surface area (Å²) in [5, 5.41) is 11.9. The van der Waals surface area contributed by atoms with E-state index < -0.39 is 0 Å². The molecule has 0 aliphatic carbocycles. The van der Waals surface area contributed by atoms with Crippen molar-refractivity contribution in [3.05, 3.63) is 64.6 Å². The molecule has 0 spiro atoms. The first kappa shape index (κ1) is 15.1. The average molecular weight is 285 g/mol. The topological polar surface area (TPSA) is 62.5 Å². The number of carbonyl (C=O) groups is 1. The number of hydrogen-bond acceptors (Lipinski definition) is 3. The summed E-state index contributed by atoms with van der Waals surface area (Å²) in [7, 11) is 0. The van der Waals surface area contributed by atoms with E-state index in [0.29, 0.717) is 23.6 Å². The minimum Gasteiger partial charge on any atom is -0.461 e. The van der Waals surface area contributed by atoms with E-state index in [1.807, 2.05) is 30.3 Å². The van der Waals surface area contributed by atoms with Gasteiger partial charge in [0.1, 0.15) is 11.5 Å². The Labute approximate surface area is 124 Å². The lowest BCUT2D eigenvalue weighted by Gasteiger charge is -2.03. The predicted octanol–water partition coefficient (Wildman–Crippen LogP) is 2.91. The lowest BCUT2D eigenvalue weighted by atomic mass is 10.2. The number of aliphatic hydroxyl groups is 1. The van der Waals surface area contributed by atoms with Gasteiger partial charge in [0.25, 0.3) is 5.91 Å². The van der Waals surface area contributed by atoms with E-state index in [9.17, 15) is 4.79 Å². The van der Waals surface area contributed by atoms with Crippen LogP contribution in [0.25, 0.3) is 6.08 Å². The van der Waals surface area contributed by atoms with Crippen molar-refractivity contribution in [3.63, 3.8) is 0 Å². The largest absolute Gasteiger partial charge is 0.461 e. The van der Waals surface area contributed by atoms with Gasteiger partial charge in [-0.3, -0.25) is 4.79 Å². The highest BCUT2D eigenvalue weighted by molar-refractivity contribution is 5.95. The zero-order valence-corrected chi connectivity index (χ0v) is 12.2. The lowest BCUT2D eigenvalue weighted by Crippen LogP contribution is -2.22. The molecule has 0 saturated carbocycles. The highest BCUT2D eigenvalue weighted by atomic mass is 16.3. The number of furan rings is 1. The molecule has 1 amide bonds. The molecule has 0 unspecified atom stereocenters. The van der Waals surface area contributed by atoms with Crippen LogP contribution in [-0.2, 0) is 6.54 Å². The van der Waals surface area contributed by atoms with E-state index in [-0.39, 0.29) is 12.5 Å². The van der Waals surface area contributed by atoms with Crippen molar-refractivity contribution in [1.29, 1.82) is 0 Å².